The summed E-state index contributed by atoms with van der Waals surface area (Å²) >= 11 is 0. The summed E-state index contributed by atoms with van der Waals surface area (Å²) in [5.74, 6) is 5.77. The minimum Gasteiger partial charge on any atom is -0.494 e. The fraction of sp³-hybridized carbons (Fsp3) is 0.474. The van der Waals surface area contributed by atoms with Crippen LogP contribution >= 0.6 is 0 Å². The van der Waals surface area contributed by atoms with Gasteiger partial charge in [0, 0.05) is 23.5 Å². The van der Waals surface area contributed by atoms with Crippen molar-refractivity contribution >= 4 is 11.6 Å². The summed E-state index contributed by atoms with van der Waals surface area (Å²) in [6.07, 6.45) is 1.93. The molecular formula is C19H22O3. The van der Waals surface area contributed by atoms with Crippen LogP contribution in [-0.2, 0) is 9.59 Å². The lowest BCUT2D eigenvalue weighted by molar-refractivity contribution is -0.135. The van der Waals surface area contributed by atoms with Gasteiger partial charge in [0.25, 0.3) is 0 Å². The van der Waals surface area contributed by atoms with Crippen molar-refractivity contribution in [2.75, 3.05) is 6.61 Å². The predicted octanol–water partition coefficient (Wildman–Crippen LogP) is 3.50. The monoisotopic (exact) mass is 298 g/mol. The van der Waals surface area contributed by atoms with Crippen LogP contribution in [0.15, 0.2) is 18.2 Å². The molecule has 1 saturated carbocycles. The van der Waals surface area contributed by atoms with E-state index in [1.165, 1.54) is 0 Å². The molecule has 2 unspecified atom stereocenters. The van der Waals surface area contributed by atoms with Crippen LogP contribution in [0, 0.1) is 17.8 Å². The van der Waals surface area contributed by atoms with Crippen LogP contribution in [0.25, 0.3) is 0 Å². The molecule has 0 heterocycles. The second-order valence-electron chi connectivity index (χ2n) is 5.51. The van der Waals surface area contributed by atoms with Gasteiger partial charge in [0.05, 0.1) is 6.61 Å². The fourth-order valence-electron chi connectivity index (χ4n) is 3.00. The van der Waals surface area contributed by atoms with E-state index in [0.717, 1.165) is 12.0 Å². The third-order valence-electron chi connectivity index (χ3n) is 4.13. The number of hydrogen-bond donors (Lipinski definition) is 0. The van der Waals surface area contributed by atoms with Crippen LogP contribution < -0.4 is 4.74 Å². The average Bonchev–Trinajstić information content (AvgIpc) is 2.50. The zero-order valence-electron chi connectivity index (χ0n) is 13.4. The Bertz CT molecular complexity index is 634. The summed E-state index contributed by atoms with van der Waals surface area (Å²) in [4.78, 5) is 25.0. The molecule has 0 N–H and O–H groups in total. The molecule has 0 aliphatic heterocycles. The molecule has 0 amide bonds. The minimum absolute atomic E-state index is 0.00461. The third-order valence-corrected chi connectivity index (χ3v) is 4.13. The summed E-state index contributed by atoms with van der Waals surface area (Å²) in [7, 11) is 0. The number of benzene rings is 1. The number of carbonyl (C=O) groups excluding carboxylic acids is 2. The van der Waals surface area contributed by atoms with Crippen LogP contribution in [0.5, 0.6) is 5.75 Å². The van der Waals surface area contributed by atoms with Crippen LogP contribution in [0.4, 0.5) is 0 Å². The number of ether oxygens (including phenoxy) is 1. The van der Waals surface area contributed by atoms with Crippen molar-refractivity contribution in [3.63, 3.8) is 0 Å². The van der Waals surface area contributed by atoms with Crippen molar-refractivity contribution in [2.45, 2.75) is 46.0 Å². The summed E-state index contributed by atoms with van der Waals surface area (Å²) in [5.41, 5.74) is 1.52. The van der Waals surface area contributed by atoms with E-state index in [9.17, 15) is 9.59 Å². The topological polar surface area (TPSA) is 43.4 Å². The van der Waals surface area contributed by atoms with Gasteiger partial charge in [-0.05, 0) is 38.8 Å². The van der Waals surface area contributed by atoms with Crippen LogP contribution in [0.3, 0.4) is 0 Å². The molecule has 0 saturated heterocycles. The molecule has 1 fully saturated rings. The lowest BCUT2D eigenvalue weighted by atomic mass is 9.74. The van der Waals surface area contributed by atoms with Gasteiger partial charge in [-0.2, -0.15) is 0 Å². The maximum absolute atomic E-state index is 12.6. The van der Waals surface area contributed by atoms with Gasteiger partial charge in [-0.3, -0.25) is 9.59 Å². The van der Waals surface area contributed by atoms with E-state index in [4.69, 9.17) is 4.74 Å². The van der Waals surface area contributed by atoms with Crippen LogP contribution in [-0.4, -0.2) is 18.2 Å². The number of ketones is 2. The second kappa shape index (κ2) is 7.26. The van der Waals surface area contributed by atoms with E-state index in [1.807, 2.05) is 32.0 Å². The zero-order chi connectivity index (χ0) is 16.1. The quantitative estimate of drug-likeness (QED) is 0.631. The minimum atomic E-state index is -0.677. The Labute approximate surface area is 132 Å². The summed E-state index contributed by atoms with van der Waals surface area (Å²) in [5, 5.41) is 0. The molecule has 0 bridgehead atoms. The Morgan fingerprint density at radius 3 is 2.68 bits per heavy atom. The van der Waals surface area contributed by atoms with Crippen molar-refractivity contribution < 1.29 is 14.3 Å². The van der Waals surface area contributed by atoms with E-state index >= 15 is 0 Å². The zero-order valence-corrected chi connectivity index (χ0v) is 13.4. The van der Waals surface area contributed by atoms with Gasteiger partial charge >= 0.3 is 0 Å². The fourth-order valence-corrected chi connectivity index (χ4v) is 3.00. The molecule has 3 nitrogen and oxygen atoms in total. The lowest BCUT2D eigenvalue weighted by Gasteiger charge is -2.27. The number of hydrogen-bond acceptors (Lipinski definition) is 3. The van der Waals surface area contributed by atoms with Gasteiger partial charge in [0.2, 0.25) is 0 Å². The highest BCUT2D eigenvalue weighted by atomic mass is 16.5. The lowest BCUT2D eigenvalue weighted by Crippen LogP contribution is -2.33. The number of rotatable bonds is 4. The average molecular weight is 298 g/mol. The molecule has 22 heavy (non-hydrogen) atoms. The van der Waals surface area contributed by atoms with Crippen LogP contribution in [0.2, 0.25) is 0 Å². The van der Waals surface area contributed by atoms with Gasteiger partial charge in [0.15, 0.2) is 5.78 Å². The van der Waals surface area contributed by atoms with E-state index in [0.29, 0.717) is 30.8 Å². The number of carbonyl (C=O) groups is 2. The van der Waals surface area contributed by atoms with Gasteiger partial charge < -0.3 is 4.74 Å². The van der Waals surface area contributed by atoms with Crippen molar-refractivity contribution in [1.82, 2.24) is 0 Å². The van der Waals surface area contributed by atoms with Crippen molar-refractivity contribution in [2.24, 2.45) is 5.92 Å². The van der Waals surface area contributed by atoms with Gasteiger partial charge in [-0.1, -0.05) is 18.9 Å². The summed E-state index contributed by atoms with van der Waals surface area (Å²) < 4.78 is 5.67. The van der Waals surface area contributed by atoms with Crippen LogP contribution in [0.1, 0.15) is 57.1 Å². The Morgan fingerprint density at radius 1 is 1.27 bits per heavy atom. The Kier molecular flexibility index (Phi) is 5.38. The highest BCUT2D eigenvalue weighted by Crippen LogP contribution is 2.37. The third kappa shape index (κ3) is 3.22. The number of Topliss-reactive ketones (excluding diaryl/α,β-unsaturated/α-hetero) is 2. The van der Waals surface area contributed by atoms with Gasteiger partial charge in [-0.15, -0.1) is 5.92 Å². The molecule has 1 aliphatic rings. The Morgan fingerprint density at radius 2 is 2.05 bits per heavy atom. The molecule has 0 spiro atoms. The first kappa shape index (κ1) is 16.3. The molecule has 0 radical (unpaired) electrons. The highest BCUT2D eigenvalue weighted by Gasteiger charge is 2.38. The second-order valence-corrected chi connectivity index (χ2v) is 5.51. The molecule has 1 aliphatic carbocycles. The molecule has 0 aromatic heterocycles. The van der Waals surface area contributed by atoms with Gasteiger partial charge in [0.1, 0.15) is 17.5 Å². The maximum atomic E-state index is 12.6. The molecule has 1 aromatic rings. The first-order valence-electron chi connectivity index (χ1n) is 7.88. The Hall–Kier alpha value is -2.08. The molecule has 3 heteroatoms. The first-order chi connectivity index (χ1) is 10.6. The first-order valence-corrected chi connectivity index (χ1v) is 7.88. The molecular weight excluding hydrogens is 276 g/mol. The van der Waals surface area contributed by atoms with Crippen molar-refractivity contribution in [3.8, 4) is 17.6 Å². The van der Waals surface area contributed by atoms with Gasteiger partial charge in [-0.25, -0.2) is 0 Å². The van der Waals surface area contributed by atoms with Crippen molar-refractivity contribution in [1.29, 1.82) is 0 Å². The summed E-state index contributed by atoms with van der Waals surface area (Å²) in [6.45, 7) is 6.15. The molecule has 2 rings (SSSR count). The molecule has 1 aromatic carbocycles. The smallest absolute Gasteiger partial charge is 0.150 e. The molecule has 116 valence electrons. The highest BCUT2D eigenvalue weighted by molar-refractivity contribution is 6.10. The van der Waals surface area contributed by atoms with E-state index in [1.54, 1.807) is 6.92 Å². The largest absolute Gasteiger partial charge is 0.494 e. The van der Waals surface area contributed by atoms with E-state index in [-0.39, 0.29) is 17.5 Å². The van der Waals surface area contributed by atoms with E-state index in [2.05, 4.69) is 11.8 Å². The SMILES string of the molecule is CC#Cc1ccc(C2C(=O)CCC(CC)C2=O)c(OCC)c1. The standard InChI is InChI=1S/C19H22O3/c1-4-7-13-8-10-15(17(12-13)22-6-3)18-16(20)11-9-14(5-2)19(18)21/h8,10,12,14,18H,5-6,9,11H2,1-3H3. The normalized spacial score (nSPS) is 21.2. The molecule has 2 atom stereocenters. The van der Waals surface area contributed by atoms with Crippen molar-refractivity contribution in [3.05, 3.63) is 29.3 Å². The summed E-state index contributed by atoms with van der Waals surface area (Å²) in [6, 6.07) is 5.50. The maximum Gasteiger partial charge on any atom is 0.150 e. The predicted molar refractivity (Wildman–Crippen MR) is 85.9 cm³/mol. The van der Waals surface area contributed by atoms with E-state index < -0.39 is 5.92 Å². The Balaban J connectivity index is 2.46.